The molecule has 1 aliphatic heterocycles. The van der Waals surface area contributed by atoms with Gasteiger partial charge < -0.3 is 19.9 Å². The Balaban J connectivity index is 1.43. The first kappa shape index (κ1) is 18.6. The molecule has 0 spiro atoms. The molecule has 0 saturated carbocycles. The molecule has 0 radical (unpaired) electrons. The Kier molecular flexibility index (Phi) is 5.63. The van der Waals surface area contributed by atoms with Gasteiger partial charge in [0.15, 0.2) is 0 Å². The number of aromatic nitrogens is 1. The number of quaternary nitrogens is 1. The van der Waals surface area contributed by atoms with Crippen molar-refractivity contribution < 1.29 is 14.4 Å². The fraction of sp³-hybridized carbons (Fsp3) is 0.348. The summed E-state index contributed by atoms with van der Waals surface area (Å²) in [7, 11) is 1.68. The predicted octanol–water partition coefficient (Wildman–Crippen LogP) is 2.26. The molecule has 5 nitrogen and oxygen atoms in total. The van der Waals surface area contributed by atoms with E-state index in [0.29, 0.717) is 13.0 Å². The molecule has 0 aliphatic carbocycles. The molecule has 1 aliphatic rings. The summed E-state index contributed by atoms with van der Waals surface area (Å²) in [5.74, 6) is 0.934. The van der Waals surface area contributed by atoms with Crippen molar-refractivity contribution in [1.82, 2.24) is 10.3 Å². The van der Waals surface area contributed by atoms with Crippen LogP contribution in [0.25, 0.3) is 10.9 Å². The quantitative estimate of drug-likeness (QED) is 0.591. The number of amides is 1. The summed E-state index contributed by atoms with van der Waals surface area (Å²) >= 11 is 0. The van der Waals surface area contributed by atoms with Crippen molar-refractivity contribution in [3.05, 3.63) is 65.9 Å². The summed E-state index contributed by atoms with van der Waals surface area (Å²) in [5.41, 5.74) is 3.37. The topological polar surface area (TPSA) is 58.6 Å². The highest BCUT2D eigenvalue weighted by Gasteiger charge is 2.27. The van der Waals surface area contributed by atoms with E-state index in [1.807, 2.05) is 36.5 Å². The summed E-state index contributed by atoms with van der Waals surface area (Å²) < 4.78 is 5.29. The van der Waals surface area contributed by atoms with Gasteiger partial charge in [-0.3, -0.25) is 4.79 Å². The zero-order chi connectivity index (χ0) is 19.3. The van der Waals surface area contributed by atoms with Gasteiger partial charge in [-0.1, -0.05) is 18.2 Å². The van der Waals surface area contributed by atoms with Crippen LogP contribution in [0.4, 0.5) is 0 Å². The summed E-state index contributed by atoms with van der Waals surface area (Å²) in [6.45, 7) is 2.98. The number of H-pyrrole nitrogens is 1. The minimum absolute atomic E-state index is 0.0712. The lowest BCUT2D eigenvalue weighted by Gasteiger charge is -2.25. The largest absolute Gasteiger partial charge is 0.497 e. The van der Waals surface area contributed by atoms with Crippen LogP contribution in [0.2, 0.25) is 0 Å². The number of carbonyl (C=O) groups excluding carboxylic acids is 1. The molecule has 1 fully saturated rings. The molecule has 28 heavy (non-hydrogen) atoms. The number of carbonyl (C=O) groups is 1. The van der Waals surface area contributed by atoms with E-state index in [4.69, 9.17) is 4.74 Å². The van der Waals surface area contributed by atoms with E-state index in [-0.39, 0.29) is 11.9 Å². The Bertz CT molecular complexity index is 926. The van der Waals surface area contributed by atoms with E-state index in [1.165, 1.54) is 18.4 Å². The number of benzene rings is 2. The van der Waals surface area contributed by atoms with Crippen LogP contribution in [0.15, 0.2) is 54.7 Å². The molecule has 3 N–H and O–H groups in total. The van der Waals surface area contributed by atoms with Gasteiger partial charge in [0.2, 0.25) is 5.91 Å². The second-order valence-electron chi connectivity index (χ2n) is 7.53. The van der Waals surface area contributed by atoms with Crippen LogP contribution in [-0.2, 0) is 11.2 Å². The lowest BCUT2D eigenvalue weighted by Crippen LogP contribution is -3.11. The number of methoxy groups -OCH3 is 1. The lowest BCUT2D eigenvalue weighted by molar-refractivity contribution is -0.918. The van der Waals surface area contributed by atoms with Gasteiger partial charge >= 0.3 is 0 Å². The fourth-order valence-corrected chi connectivity index (χ4v) is 4.24. The summed E-state index contributed by atoms with van der Waals surface area (Å²) in [6.07, 6.45) is 4.85. The summed E-state index contributed by atoms with van der Waals surface area (Å²) in [4.78, 5) is 17.4. The number of likely N-dealkylation sites (tertiary alicyclic amines) is 1. The molecule has 2 aromatic carbocycles. The van der Waals surface area contributed by atoms with Gasteiger partial charge in [0.25, 0.3) is 0 Å². The predicted molar refractivity (Wildman–Crippen MR) is 111 cm³/mol. The first-order valence-electron chi connectivity index (χ1n) is 10.0. The molecule has 146 valence electrons. The minimum Gasteiger partial charge on any atom is -0.497 e. The van der Waals surface area contributed by atoms with Crippen molar-refractivity contribution >= 4 is 16.8 Å². The van der Waals surface area contributed by atoms with Crippen LogP contribution in [0.1, 0.15) is 30.0 Å². The number of fused-ring (bicyclic) bond motifs is 1. The van der Waals surface area contributed by atoms with Gasteiger partial charge in [-0.05, 0) is 35.9 Å². The average Bonchev–Trinajstić information content (AvgIpc) is 3.40. The normalized spacial score (nSPS) is 15.6. The molecular weight excluding hydrogens is 350 g/mol. The van der Waals surface area contributed by atoms with Crippen molar-refractivity contribution in [3.8, 4) is 5.75 Å². The van der Waals surface area contributed by atoms with Crippen LogP contribution in [0, 0.1) is 0 Å². The number of rotatable bonds is 7. The molecule has 4 rings (SSSR count). The average molecular weight is 378 g/mol. The highest BCUT2D eigenvalue weighted by Crippen LogP contribution is 2.19. The number of nitrogens with one attached hydrogen (secondary N) is 3. The monoisotopic (exact) mass is 378 g/mol. The van der Waals surface area contributed by atoms with Crippen LogP contribution < -0.4 is 15.0 Å². The molecule has 1 saturated heterocycles. The first-order chi connectivity index (χ1) is 13.7. The standard InChI is InChI=1S/C23H27N3O2/c1-28-19-10-8-17(9-11-19)22(26-12-4-5-13-26)16-25-23(27)14-18-15-24-21-7-3-2-6-20(18)21/h2-3,6-11,15,22,24H,4-5,12-14,16H2,1H3,(H,25,27)/p+1/t22-/m0/s1. The number of aromatic amines is 1. The third kappa shape index (κ3) is 4.04. The third-order valence-corrected chi connectivity index (χ3v) is 5.79. The van der Waals surface area contributed by atoms with Gasteiger partial charge in [-0.25, -0.2) is 0 Å². The Labute approximate surface area is 165 Å². The van der Waals surface area contributed by atoms with Crippen molar-refractivity contribution in [2.24, 2.45) is 0 Å². The van der Waals surface area contributed by atoms with Gasteiger partial charge in [-0.15, -0.1) is 0 Å². The Morgan fingerprint density at radius 1 is 1.14 bits per heavy atom. The van der Waals surface area contributed by atoms with E-state index in [2.05, 4.69) is 28.5 Å². The second-order valence-corrected chi connectivity index (χ2v) is 7.53. The second kappa shape index (κ2) is 8.48. The van der Waals surface area contributed by atoms with Crippen LogP contribution in [0.5, 0.6) is 5.75 Å². The summed E-state index contributed by atoms with van der Waals surface area (Å²) in [5, 5.41) is 4.30. The molecule has 1 amide bonds. The van der Waals surface area contributed by atoms with Crippen LogP contribution >= 0.6 is 0 Å². The maximum Gasteiger partial charge on any atom is 0.224 e. The van der Waals surface area contributed by atoms with Crippen molar-refractivity contribution in [2.45, 2.75) is 25.3 Å². The highest BCUT2D eigenvalue weighted by atomic mass is 16.5. The third-order valence-electron chi connectivity index (χ3n) is 5.79. The number of ether oxygens (including phenoxy) is 1. The zero-order valence-corrected chi connectivity index (χ0v) is 16.3. The number of para-hydroxylation sites is 1. The Hall–Kier alpha value is -2.79. The summed E-state index contributed by atoms with van der Waals surface area (Å²) in [6, 6.07) is 16.6. The number of hydrogen-bond donors (Lipinski definition) is 3. The van der Waals surface area contributed by atoms with E-state index in [0.717, 1.165) is 35.3 Å². The Morgan fingerprint density at radius 3 is 2.64 bits per heavy atom. The lowest BCUT2D eigenvalue weighted by atomic mass is 10.0. The maximum absolute atomic E-state index is 12.7. The van der Waals surface area contributed by atoms with Crippen molar-refractivity contribution in [3.63, 3.8) is 0 Å². The van der Waals surface area contributed by atoms with Crippen molar-refractivity contribution in [1.29, 1.82) is 0 Å². The van der Waals surface area contributed by atoms with E-state index >= 15 is 0 Å². The van der Waals surface area contributed by atoms with E-state index in [1.54, 1.807) is 12.0 Å². The highest BCUT2D eigenvalue weighted by molar-refractivity contribution is 5.88. The SMILES string of the molecule is COc1ccc([C@H](CNC(=O)Cc2c[nH]c3ccccc23)[NH+]2CCCC2)cc1. The fourth-order valence-electron chi connectivity index (χ4n) is 4.24. The Morgan fingerprint density at radius 2 is 1.89 bits per heavy atom. The van der Waals surface area contributed by atoms with Gasteiger partial charge in [0.1, 0.15) is 11.8 Å². The minimum atomic E-state index is 0.0712. The molecule has 1 atom stereocenters. The molecule has 0 bridgehead atoms. The first-order valence-corrected chi connectivity index (χ1v) is 10.0. The van der Waals surface area contributed by atoms with Gasteiger partial charge in [-0.2, -0.15) is 0 Å². The van der Waals surface area contributed by atoms with E-state index < -0.39 is 0 Å². The van der Waals surface area contributed by atoms with Gasteiger partial charge in [0.05, 0.1) is 33.2 Å². The molecule has 1 aromatic heterocycles. The van der Waals surface area contributed by atoms with Crippen LogP contribution in [0.3, 0.4) is 0 Å². The van der Waals surface area contributed by atoms with Gasteiger partial charge in [0, 0.05) is 35.5 Å². The zero-order valence-electron chi connectivity index (χ0n) is 16.3. The van der Waals surface area contributed by atoms with Crippen molar-refractivity contribution in [2.75, 3.05) is 26.7 Å². The molecule has 2 heterocycles. The maximum atomic E-state index is 12.7. The molecule has 5 heteroatoms. The van der Waals surface area contributed by atoms with Crippen LogP contribution in [-0.4, -0.2) is 37.6 Å². The number of hydrogen-bond acceptors (Lipinski definition) is 2. The molecule has 3 aromatic rings. The van der Waals surface area contributed by atoms with E-state index in [9.17, 15) is 4.79 Å². The molecule has 0 unspecified atom stereocenters. The smallest absolute Gasteiger partial charge is 0.224 e. The molecular formula is C23H28N3O2+.